The van der Waals surface area contributed by atoms with Crippen LogP contribution < -0.4 is 20.0 Å². The molecule has 0 radical (unpaired) electrons. The van der Waals surface area contributed by atoms with Gasteiger partial charge in [-0.15, -0.1) is 13.2 Å². The Balaban J connectivity index is 1.46. The predicted molar refractivity (Wildman–Crippen MR) is 188 cm³/mol. The molecule has 1 fully saturated rings. The number of carbonyl (C=O) groups is 1. The SMILES string of the molecule is C=N/C(=N\N(C)c1ccc(OC(F)(F)F)cc1)c1ccc(/C=C(\C)NC(=O)N=C2SCCC(C)N2c2cccc(C)c2C(C)C)cc1. The second kappa shape index (κ2) is 15.3. The number of amidine groups is 2. The molecule has 1 unspecified atom stereocenters. The number of ether oxygens (including phenoxy) is 1. The van der Waals surface area contributed by atoms with Crippen LogP contribution in [0.1, 0.15) is 62.3 Å². The Labute approximate surface area is 278 Å². The molecule has 1 aliphatic rings. The fraction of sp³-hybridized carbons (Fsp3) is 0.314. The summed E-state index contributed by atoms with van der Waals surface area (Å²) in [4.78, 5) is 23.8. The van der Waals surface area contributed by atoms with Crippen molar-refractivity contribution in [3.8, 4) is 5.75 Å². The number of hydrogen-bond acceptors (Lipinski definition) is 5. The summed E-state index contributed by atoms with van der Waals surface area (Å²) in [6.07, 6.45) is -1.94. The van der Waals surface area contributed by atoms with Gasteiger partial charge >= 0.3 is 12.4 Å². The summed E-state index contributed by atoms with van der Waals surface area (Å²) >= 11 is 1.59. The van der Waals surface area contributed by atoms with E-state index in [-0.39, 0.29) is 11.8 Å². The first-order valence-electron chi connectivity index (χ1n) is 15.1. The molecule has 0 saturated carbocycles. The van der Waals surface area contributed by atoms with E-state index in [4.69, 9.17) is 0 Å². The number of rotatable bonds is 8. The molecule has 4 rings (SSSR count). The fourth-order valence-corrected chi connectivity index (χ4v) is 6.51. The number of hydrazone groups is 1. The van der Waals surface area contributed by atoms with Crippen molar-refractivity contribution in [2.24, 2.45) is 15.1 Å². The smallest absolute Gasteiger partial charge is 0.406 e. The second-order valence-corrected chi connectivity index (χ2v) is 12.5. The van der Waals surface area contributed by atoms with Gasteiger partial charge in [0.15, 0.2) is 11.0 Å². The van der Waals surface area contributed by atoms with Crippen LogP contribution in [0.2, 0.25) is 0 Å². The molecule has 8 nitrogen and oxygen atoms in total. The molecule has 47 heavy (non-hydrogen) atoms. The van der Waals surface area contributed by atoms with Gasteiger partial charge < -0.3 is 15.0 Å². The van der Waals surface area contributed by atoms with E-state index in [1.54, 1.807) is 25.7 Å². The quantitative estimate of drug-likeness (QED) is 0.148. The first kappa shape index (κ1) is 35.3. The monoisotopic (exact) mass is 664 g/mol. The lowest BCUT2D eigenvalue weighted by atomic mass is 9.95. The van der Waals surface area contributed by atoms with E-state index in [1.807, 2.05) is 30.3 Å². The van der Waals surface area contributed by atoms with Crippen LogP contribution in [0.15, 0.2) is 87.5 Å². The first-order chi connectivity index (χ1) is 22.3. The van der Waals surface area contributed by atoms with E-state index in [0.29, 0.717) is 33.9 Å². The Morgan fingerprint density at radius 1 is 1.13 bits per heavy atom. The molecule has 1 atom stereocenters. The Morgan fingerprint density at radius 3 is 2.43 bits per heavy atom. The van der Waals surface area contributed by atoms with Gasteiger partial charge in [-0.2, -0.15) is 10.1 Å². The van der Waals surface area contributed by atoms with Gasteiger partial charge in [0, 0.05) is 35.8 Å². The highest BCUT2D eigenvalue weighted by Gasteiger charge is 2.31. The zero-order valence-electron chi connectivity index (χ0n) is 27.3. The van der Waals surface area contributed by atoms with Crippen molar-refractivity contribution in [3.63, 3.8) is 0 Å². The third-order valence-corrected chi connectivity index (χ3v) is 8.43. The second-order valence-electron chi connectivity index (χ2n) is 11.4. The molecule has 0 aromatic heterocycles. The molecule has 12 heteroatoms. The lowest BCUT2D eigenvalue weighted by Crippen LogP contribution is -2.42. The van der Waals surface area contributed by atoms with Crippen molar-refractivity contribution < 1.29 is 22.7 Å². The molecule has 0 bridgehead atoms. The Kier molecular flexibility index (Phi) is 11.5. The Morgan fingerprint density at radius 2 is 1.81 bits per heavy atom. The zero-order valence-corrected chi connectivity index (χ0v) is 28.1. The Hall–Kier alpha value is -4.58. The maximum atomic E-state index is 13.1. The number of alkyl halides is 3. The van der Waals surface area contributed by atoms with Gasteiger partial charge in [0.25, 0.3) is 0 Å². The molecular weight excluding hydrogens is 625 g/mol. The van der Waals surface area contributed by atoms with Crippen LogP contribution in [0.5, 0.6) is 5.75 Å². The molecule has 3 aromatic rings. The minimum Gasteiger partial charge on any atom is -0.406 e. The van der Waals surface area contributed by atoms with Crippen LogP contribution >= 0.6 is 11.8 Å². The number of urea groups is 1. The average molecular weight is 665 g/mol. The summed E-state index contributed by atoms with van der Waals surface area (Å²) in [5, 5.41) is 9.49. The topological polar surface area (TPSA) is 81.9 Å². The molecule has 0 aliphatic carbocycles. The van der Waals surface area contributed by atoms with Crippen LogP contribution in [0.3, 0.4) is 0 Å². The Bertz CT molecular complexity index is 1670. The minimum absolute atomic E-state index is 0.203. The van der Waals surface area contributed by atoms with E-state index in [1.165, 1.54) is 40.4 Å². The summed E-state index contributed by atoms with van der Waals surface area (Å²) in [6.45, 7) is 14.1. The van der Waals surface area contributed by atoms with Crippen LogP contribution in [0.25, 0.3) is 6.08 Å². The number of amides is 2. The molecule has 3 aromatic carbocycles. The number of carbonyl (C=O) groups excluding carboxylic acids is 1. The van der Waals surface area contributed by atoms with Crippen LogP contribution in [-0.2, 0) is 0 Å². The van der Waals surface area contributed by atoms with E-state index >= 15 is 0 Å². The number of thioether (sulfide) groups is 1. The number of halogens is 3. The van der Waals surface area contributed by atoms with E-state index < -0.39 is 12.4 Å². The number of aryl methyl sites for hydroxylation is 1. The van der Waals surface area contributed by atoms with Gasteiger partial charge in [0.05, 0.1) is 5.69 Å². The number of nitrogens with one attached hydrogen (secondary N) is 1. The molecule has 0 spiro atoms. The fourth-order valence-electron chi connectivity index (χ4n) is 5.30. The molecule has 248 valence electrons. The number of nitrogens with zero attached hydrogens (tertiary/aromatic N) is 5. The first-order valence-corrected chi connectivity index (χ1v) is 16.1. The van der Waals surface area contributed by atoms with Gasteiger partial charge in [0.2, 0.25) is 0 Å². The summed E-state index contributed by atoms with van der Waals surface area (Å²) in [6, 6.07) is 18.7. The van der Waals surface area contributed by atoms with Crippen LogP contribution in [0, 0.1) is 6.92 Å². The van der Waals surface area contributed by atoms with Gasteiger partial charge in [0.1, 0.15) is 5.75 Å². The van der Waals surface area contributed by atoms with Crippen molar-refractivity contribution in [1.29, 1.82) is 0 Å². The lowest BCUT2D eigenvalue weighted by molar-refractivity contribution is -0.274. The third kappa shape index (κ3) is 9.47. The van der Waals surface area contributed by atoms with Crippen molar-refractivity contribution in [3.05, 3.63) is 94.7 Å². The van der Waals surface area contributed by atoms with Crippen LogP contribution in [-0.4, -0.2) is 49.0 Å². The number of aliphatic imine (C=N–C) groups is 2. The van der Waals surface area contributed by atoms with Gasteiger partial charge in [-0.1, -0.05) is 62.0 Å². The van der Waals surface area contributed by atoms with Crippen molar-refractivity contribution in [2.45, 2.75) is 59.4 Å². The maximum absolute atomic E-state index is 13.1. The normalized spacial score (nSPS) is 16.8. The third-order valence-electron chi connectivity index (χ3n) is 7.44. The molecule has 1 N–H and O–H groups in total. The standard InChI is InChI=1S/C35H39F3N6O2S/c1-22(2)31-23(3)9-8-10-30(31)44-25(5)19-20-47-34(44)41-33(45)40-24(4)21-26-11-13-27(14-12-26)32(39-6)42-43(7)28-15-17-29(18-16-28)46-35(36,37)38/h8-18,21-22,25H,6,19-20H2,1-5,7H3,(H,40,45)/b24-21+,41-34?,42-32-. The lowest BCUT2D eigenvalue weighted by Gasteiger charge is -2.37. The molecule has 1 heterocycles. The van der Waals surface area contributed by atoms with Crippen molar-refractivity contribution >= 4 is 53.0 Å². The number of hydrogen-bond donors (Lipinski definition) is 1. The number of anilines is 2. The van der Waals surface area contributed by atoms with E-state index in [2.05, 4.69) is 82.7 Å². The highest BCUT2D eigenvalue weighted by atomic mass is 32.2. The highest BCUT2D eigenvalue weighted by Crippen LogP contribution is 2.36. The average Bonchev–Trinajstić information content (AvgIpc) is 2.99. The molecule has 1 saturated heterocycles. The number of allylic oxidation sites excluding steroid dienone is 1. The molecular formula is C35H39F3N6O2S. The number of benzene rings is 3. The van der Waals surface area contributed by atoms with Gasteiger partial charge in [-0.25, -0.2) is 9.79 Å². The minimum atomic E-state index is -4.76. The van der Waals surface area contributed by atoms with Gasteiger partial charge in [-0.05, 0) is 92.9 Å². The van der Waals surface area contributed by atoms with Crippen LogP contribution in [0.4, 0.5) is 29.3 Å². The largest absolute Gasteiger partial charge is 0.573 e. The van der Waals surface area contributed by atoms with Crippen molar-refractivity contribution in [1.82, 2.24) is 5.32 Å². The van der Waals surface area contributed by atoms with Gasteiger partial charge in [-0.3, -0.25) is 5.01 Å². The summed E-state index contributed by atoms with van der Waals surface area (Å²) in [5.41, 5.74) is 6.23. The summed E-state index contributed by atoms with van der Waals surface area (Å²) in [5.74, 6) is 1.20. The van der Waals surface area contributed by atoms with E-state index in [9.17, 15) is 18.0 Å². The summed E-state index contributed by atoms with van der Waals surface area (Å²) in [7, 11) is 1.65. The highest BCUT2D eigenvalue weighted by molar-refractivity contribution is 8.14. The van der Waals surface area contributed by atoms with E-state index in [0.717, 1.165) is 23.4 Å². The zero-order chi connectivity index (χ0) is 34.3. The summed E-state index contributed by atoms with van der Waals surface area (Å²) < 4.78 is 41.3. The molecule has 2 amide bonds. The predicted octanol–water partition coefficient (Wildman–Crippen LogP) is 8.97. The maximum Gasteiger partial charge on any atom is 0.573 e. The van der Waals surface area contributed by atoms with Crippen molar-refractivity contribution in [2.75, 3.05) is 22.7 Å². The molecule has 1 aliphatic heterocycles.